The number of hydrogen-bond acceptors (Lipinski definition) is 8. The van der Waals surface area contributed by atoms with E-state index in [0.29, 0.717) is 33.6 Å². The SMILES string of the molecule is O=C(ON1C(=O)CN(C(=O)c2c(F)ccc([N+](=O)[O-])c2F)C1c1cccc(Br)c1)c1c(F)ccc([N+](=O)[O-])c1F. The summed E-state index contributed by atoms with van der Waals surface area (Å²) < 4.78 is 58.7. The molecule has 206 valence electrons. The number of rotatable bonds is 6. The van der Waals surface area contributed by atoms with Crippen molar-refractivity contribution in [3.8, 4) is 0 Å². The molecule has 0 spiro atoms. The van der Waals surface area contributed by atoms with Gasteiger partial charge < -0.3 is 9.74 Å². The van der Waals surface area contributed by atoms with Crippen LogP contribution < -0.4 is 0 Å². The molecule has 0 bridgehead atoms. The zero-order valence-corrected chi connectivity index (χ0v) is 20.9. The normalized spacial score (nSPS) is 14.8. The van der Waals surface area contributed by atoms with E-state index >= 15 is 0 Å². The molecule has 3 aromatic rings. The third-order valence-electron chi connectivity index (χ3n) is 5.61. The van der Waals surface area contributed by atoms with E-state index in [9.17, 15) is 52.2 Å². The third kappa shape index (κ3) is 4.93. The minimum Gasteiger partial charge on any atom is -0.330 e. The lowest BCUT2D eigenvalue weighted by atomic mass is 10.1. The van der Waals surface area contributed by atoms with Gasteiger partial charge in [-0.1, -0.05) is 28.1 Å². The van der Waals surface area contributed by atoms with Crippen LogP contribution in [0.3, 0.4) is 0 Å². The number of nitrogens with zero attached hydrogens (tertiary/aromatic N) is 4. The van der Waals surface area contributed by atoms with Gasteiger partial charge in [0.05, 0.1) is 9.85 Å². The zero-order valence-electron chi connectivity index (χ0n) is 19.3. The number of amides is 2. The van der Waals surface area contributed by atoms with Crippen molar-refractivity contribution in [1.29, 1.82) is 0 Å². The molecule has 1 atom stereocenters. The Hall–Kier alpha value is -4.93. The van der Waals surface area contributed by atoms with Crippen molar-refractivity contribution in [2.45, 2.75) is 6.17 Å². The van der Waals surface area contributed by atoms with E-state index in [-0.39, 0.29) is 10.6 Å². The van der Waals surface area contributed by atoms with Crippen molar-refractivity contribution >= 4 is 45.1 Å². The molecule has 0 aliphatic carbocycles. The van der Waals surface area contributed by atoms with Gasteiger partial charge in [0.25, 0.3) is 11.8 Å². The number of nitro groups is 2. The standard InChI is InChI=1S/C23H11BrF4N4O8/c24-11-3-1-2-10(8-11)21-29(22(34)17-12(25)4-6-14(19(17)27)31(36)37)9-16(33)30(21)40-23(35)18-13(26)5-7-15(20(18)28)32(38)39/h1-8,21H,9H2. The molecule has 12 nitrogen and oxygen atoms in total. The number of carbonyl (C=O) groups excluding carboxylic acids is 3. The number of halogens is 5. The van der Waals surface area contributed by atoms with Crippen molar-refractivity contribution in [2.24, 2.45) is 0 Å². The number of hydroxylamine groups is 2. The molecule has 1 aliphatic heterocycles. The molecule has 3 aromatic carbocycles. The maximum Gasteiger partial charge on any atom is 0.369 e. The molecular formula is C23H11BrF4N4O8. The van der Waals surface area contributed by atoms with Crippen LogP contribution in [0.5, 0.6) is 0 Å². The summed E-state index contributed by atoms with van der Waals surface area (Å²) >= 11 is 3.15. The number of carbonyl (C=O) groups is 3. The molecule has 1 fully saturated rings. The van der Waals surface area contributed by atoms with Gasteiger partial charge in [-0.15, -0.1) is 5.06 Å². The van der Waals surface area contributed by atoms with Crippen LogP contribution in [-0.4, -0.2) is 44.1 Å². The zero-order chi connectivity index (χ0) is 29.5. The second-order valence-electron chi connectivity index (χ2n) is 7.99. The van der Waals surface area contributed by atoms with E-state index in [1.165, 1.54) is 24.3 Å². The second-order valence-corrected chi connectivity index (χ2v) is 8.90. The van der Waals surface area contributed by atoms with Crippen LogP contribution in [0.1, 0.15) is 32.4 Å². The largest absolute Gasteiger partial charge is 0.369 e. The Kier molecular flexibility index (Phi) is 7.50. The van der Waals surface area contributed by atoms with Crippen LogP contribution in [0.2, 0.25) is 0 Å². The summed E-state index contributed by atoms with van der Waals surface area (Å²) in [7, 11) is 0. The molecule has 4 rings (SSSR count). The summed E-state index contributed by atoms with van der Waals surface area (Å²) in [5.41, 5.74) is -5.47. The predicted molar refractivity (Wildman–Crippen MR) is 126 cm³/mol. The highest BCUT2D eigenvalue weighted by molar-refractivity contribution is 9.10. The molecule has 0 N–H and O–H groups in total. The highest BCUT2D eigenvalue weighted by Gasteiger charge is 2.47. The van der Waals surface area contributed by atoms with Crippen LogP contribution >= 0.6 is 15.9 Å². The van der Waals surface area contributed by atoms with Crippen LogP contribution in [0.15, 0.2) is 53.0 Å². The van der Waals surface area contributed by atoms with Crippen molar-refractivity contribution in [1.82, 2.24) is 9.96 Å². The Balaban J connectivity index is 1.80. The monoisotopic (exact) mass is 626 g/mol. The summed E-state index contributed by atoms with van der Waals surface area (Å²) in [5, 5.41) is 22.3. The summed E-state index contributed by atoms with van der Waals surface area (Å²) in [5.74, 6) is -11.5. The molecule has 1 unspecified atom stereocenters. The predicted octanol–water partition coefficient (Wildman–Crippen LogP) is 4.58. The number of benzene rings is 3. The van der Waals surface area contributed by atoms with Crippen LogP contribution in [0.4, 0.5) is 28.9 Å². The van der Waals surface area contributed by atoms with E-state index in [1.54, 1.807) is 0 Å². The minimum absolute atomic E-state index is 0.0207. The maximum atomic E-state index is 14.8. The van der Waals surface area contributed by atoms with Crippen molar-refractivity contribution in [2.75, 3.05) is 6.54 Å². The summed E-state index contributed by atoms with van der Waals surface area (Å²) in [4.78, 5) is 64.1. The van der Waals surface area contributed by atoms with Crippen molar-refractivity contribution in [3.05, 3.63) is 113 Å². The van der Waals surface area contributed by atoms with Gasteiger partial charge in [0.1, 0.15) is 29.3 Å². The molecule has 40 heavy (non-hydrogen) atoms. The van der Waals surface area contributed by atoms with Gasteiger partial charge in [0.15, 0.2) is 6.17 Å². The van der Waals surface area contributed by atoms with E-state index in [4.69, 9.17) is 4.84 Å². The first-order valence-corrected chi connectivity index (χ1v) is 11.5. The van der Waals surface area contributed by atoms with E-state index in [2.05, 4.69) is 15.9 Å². The van der Waals surface area contributed by atoms with Crippen LogP contribution in [0.25, 0.3) is 0 Å². The molecule has 1 aliphatic rings. The molecular weight excluding hydrogens is 616 g/mol. The molecule has 2 amide bonds. The van der Waals surface area contributed by atoms with Gasteiger partial charge >= 0.3 is 17.3 Å². The Morgan fingerprint density at radius 1 is 0.900 bits per heavy atom. The molecule has 0 saturated carbocycles. The maximum absolute atomic E-state index is 14.8. The minimum atomic E-state index is -1.91. The first kappa shape index (κ1) is 28.1. The lowest BCUT2D eigenvalue weighted by molar-refractivity contribution is -0.387. The third-order valence-corrected chi connectivity index (χ3v) is 6.10. The number of hydrogen-bond donors (Lipinski definition) is 0. The summed E-state index contributed by atoms with van der Waals surface area (Å²) in [6.45, 7) is -1.01. The smallest absolute Gasteiger partial charge is 0.330 e. The first-order chi connectivity index (χ1) is 18.8. The topological polar surface area (TPSA) is 153 Å². The molecule has 1 heterocycles. The fourth-order valence-corrected chi connectivity index (χ4v) is 4.27. The van der Waals surface area contributed by atoms with Gasteiger partial charge in [-0.25, -0.2) is 13.6 Å². The van der Waals surface area contributed by atoms with Gasteiger partial charge in [0.2, 0.25) is 11.6 Å². The van der Waals surface area contributed by atoms with E-state index < -0.39 is 86.1 Å². The van der Waals surface area contributed by atoms with Gasteiger partial charge in [-0.05, 0) is 29.8 Å². The van der Waals surface area contributed by atoms with Gasteiger partial charge in [-0.3, -0.25) is 29.8 Å². The molecule has 0 aromatic heterocycles. The molecule has 0 radical (unpaired) electrons. The van der Waals surface area contributed by atoms with Crippen molar-refractivity contribution in [3.63, 3.8) is 0 Å². The average molecular weight is 627 g/mol. The first-order valence-electron chi connectivity index (χ1n) is 10.7. The molecule has 17 heteroatoms. The Labute approximate surface area is 227 Å². The van der Waals surface area contributed by atoms with Crippen LogP contribution in [-0.2, 0) is 9.63 Å². The van der Waals surface area contributed by atoms with Crippen molar-refractivity contribution < 1.29 is 46.6 Å². The van der Waals surface area contributed by atoms with Crippen LogP contribution in [0, 0.1) is 43.5 Å². The summed E-state index contributed by atoms with van der Waals surface area (Å²) in [6.07, 6.45) is -1.80. The van der Waals surface area contributed by atoms with Gasteiger partial charge in [-0.2, -0.15) is 8.78 Å². The summed E-state index contributed by atoms with van der Waals surface area (Å²) in [6, 6.07) is 7.33. The fraction of sp³-hybridized carbons (Fsp3) is 0.0870. The highest BCUT2D eigenvalue weighted by atomic mass is 79.9. The highest BCUT2D eigenvalue weighted by Crippen LogP contribution is 2.36. The Morgan fingerprint density at radius 3 is 2.00 bits per heavy atom. The van der Waals surface area contributed by atoms with E-state index in [1.807, 2.05) is 0 Å². The Morgan fingerprint density at radius 2 is 1.45 bits per heavy atom. The lowest BCUT2D eigenvalue weighted by Gasteiger charge is -2.29. The fourth-order valence-electron chi connectivity index (χ4n) is 3.86. The van der Waals surface area contributed by atoms with Gasteiger partial charge in [0, 0.05) is 16.6 Å². The molecule has 1 saturated heterocycles. The Bertz CT molecular complexity index is 1620. The second kappa shape index (κ2) is 10.7. The quantitative estimate of drug-likeness (QED) is 0.219. The average Bonchev–Trinajstić information content (AvgIpc) is 3.19. The lowest BCUT2D eigenvalue weighted by Crippen LogP contribution is -2.37. The van der Waals surface area contributed by atoms with E-state index in [0.717, 1.165) is 0 Å². The number of nitro benzene ring substituents is 2.